The fraction of sp³-hybridized carbons (Fsp3) is 0.435. The van der Waals surface area contributed by atoms with E-state index in [2.05, 4.69) is 27.1 Å². The maximum Gasteiger partial charge on any atom is 0.274 e. The van der Waals surface area contributed by atoms with Gasteiger partial charge in [0.05, 0.1) is 6.54 Å². The van der Waals surface area contributed by atoms with E-state index in [0.717, 1.165) is 48.1 Å². The maximum absolute atomic E-state index is 13.2. The summed E-state index contributed by atoms with van der Waals surface area (Å²) in [6.07, 6.45) is 2.60. The molecular formula is C23H28N6O2. The van der Waals surface area contributed by atoms with Gasteiger partial charge >= 0.3 is 0 Å². The second-order valence-electron chi connectivity index (χ2n) is 8.73. The second kappa shape index (κ2) is 7.85. The maximum atomic E-state index is 13.2. The number of hydrogen-bond donors (Lipinski definition) is 2. The third-order valence-corrected chi connectivity index (χ3v) is 6.74. The van der Waals surface area contributed by atoms with Crippen molar-refractivity contribution in [3.05, 3.63) is 53.0 Å². The fourth-order valence-electron chi connectivity index (χ4n) is 4.72. The molecule has 5 rings (SSSR count). The molecule has 2 aromatic heterocycles. The van der Waals surface area contributed by atoms with E-state index in [1.165, 1.54) is 0 Å². The summed E-state index contributed by atoms with van der Waals surface area (Å²) in [5.41, 5.74) is 3.78. The molecule has 0 bridgehead atoms. The van der Waals surface area contributed by atoms with Crippen LogP contribution < -0.4 is 0 Å². The van der Waals surface area contributed by atoms with Gasteiger partial charge in [-0.05, 0) is 45.1 Å². The number of carbonyl (C=O) groups is 2. The molecule has 0 radical (unpaired) electrons. The second-order valence-corrected chi connectivity index (χ2v) is 8.73. The van der Waals surface area contributed by atoms with Crippen LogP contribution in [0.15, 0.2) is 30.3 Å². The lowest BCUT2D eigenvalue weighted by atomic mass is 10.0. The highest BCUT2D eigenvalue weighted by Crippen LogP contribution is 2.25. The lowest BCUT2D eigenvalue weighted by molar-refractivity contribution is 0.0643. The fourth-order valence-corrected chi connectivity index (χ4v) is 4.72. The highest BCUT2D eigenvalue weighted by atomic mass is 16.2. The van der Waals surface area contributed by atoms with Gasteiger partial charge < -0.3 is 19.7 Å². The number of piperidine rings is 1. The number of amides is 2. The van der Waals surface area contributed by atoms with Crippen molar-refractivity contribution in [3.63, 3.8) is 0 Å². The number of carbonyl (C=O) groups excluding carboxylic acids is 2. The number of fused-ring (bicyclic) bond motifs is 2. The van der Waals surface area contributed by atoms with Crippen LogP contribution in [0.2, 0.25) is 0 Å². The van der Waals surface area contributed by atoms with Crippen LogP contribution in [0, 0.1) is 0 Å². The predicted molar refractivity (Wildman–Crippen MR) is 118 cm³/mol. The first kappa shape index (κ1) is 19.8. The smallest absolute Gasteiger partial charge is 0.274 e. The number of nitrogens with zero attached hydrogens (tertiary/aromatic N) is 4. The Bertz CT molecular complexity index is 1090. The zero-order valence-corrected chi connectivity index (χ0v) is 18.0. The van der Waals surface area contributed by atoms with Crippen LogP contribution in [0.1, 0.15) is 45.1 Å². The standard InChI is InChI=1S/C23H28N6O2/c1-27-10-7-16(8-11-27)28(2)23(31)21-17-14-29(12-9-19(17)25-26-21)22(30)20-13-15-5-3-4-6-18(15)24-20/h3-6,13,16,24H,7-12,14H2,1-2H3,(H,25,26). The zero-order valence-electron chi connectivity index (χ0n) is 18.0. The summed E-state index contributed by atoms with van der Waals surface area (Å²) in [5.74, 6) is -0.114. The molecule has 2 amide bonds. The minimum absolute atomic E-state index is 0.0508. The van der Waals surface area contributed by atoms with E-state index in [1.807, 2.05) is 42.3 Å². The lowest BCUT2D eigenvalue weighted by Crippen LogP contribution is -2.45. The third-order valence-electron chi connectivity index (χ3n) is 6.74. The van der Waals surface area contributed by atoms with Crippen molar-refractivity contribution in [3.8, 4) is 0 Å². The summed E-state index contributed by atoms with van der Waals surface area (Å²) in [7, 11) is 3.98. The number of benzene rings is 1. The van der Waals surface area contributed by atoms with Gasteiger partial charge in [-0.25, -0.2) is 0 Å². The molecule has 162 valence electrons. The molecule has 1 fully saturated rings. The van der Waals surface area contributed by atoms with Gasteiger partial charge in [-0.1, -0.05) is 18.2 Å². The van der Waals surface area contributed by atoms with E-state index in [-0.39, 0.29) is 17.9 Å². The van der Waals surface area contributed by atoms with Crippen molar-refractivity contribution in [2.75, 3.05) is 33.7 Å². The summed E-state index contributed by atoms with van der Waals surface area (Å²) in [4.78, 5) is 35.5. The number of rotatable bonds is 3. The van der Waals surface area contributed by atoms with E-state index in [4.69, 9.17) is 0 Å². The molecule has 8 nitrogen and oxygen atoms in total. The first-order valence-corrected chi connectivity index (χ1v) is 10.9. The highest BCUT2D eigenvalue weighted by Gasteiger charge is 2.32. The SMILES string of the molecule is CN1CCC(N(C)C(=O)c2n[nH]c3c2CN(C(=O)c2cc4ccccc4[nH]2)CC3)CC1. The van der Waals surface area contributed by atoms with Crippen molar-refractivity contribution in [1.29, 1.82) is 0 Å². The van der Waals surface area contributed by atoms with Crippen molar-refractivity contribution in [1.82, 2.24) is 29.9 Å². The van der Waals surface area contributed by atoms with Gasteiger partial charge in [-0.3, -0.25) is 14.7 Å². The summed E-state index contributed by atoms with van der Waals surface area (Å²) in [5, 5.41) is 8.41. The Morgan fingerprint density at radius 3 is 2.71 bits per heavy atom. The summed E-state index contributed by atoms with van der Waals surface area (Å²) in [6.45, 7) is 2.98. The molecule has 4 heterocycles. The Balaban J connectivity index is 1.34. The molecule has 0 aliphatic carbocycles. The Labute approximate surface area is 181 Å². The van der Waals surface area contributed by atoms with E-state index in [1.54, 1.807) is 4.90 Å². The number of likely N-dealkylation sites (tertiary alicyclic amines) is 1. The number of aromatic amines is 2. The minimum atomic E-state index is -0.0630. The van der Waals surface area contributed by atoms with Crippen LogP contribution in [-0.2, 0) is 13.0 Å². The monoisotopic (exact) mass is 420 g/mol. The molecule has 0 unspecified atom stereocenters. The molecule has 8 heteroatoms. The van der Waals surface area contributed by atoms with Crippen molar-refractivity contribution < 1.29 is 9.59 Å². The molecule has 0 atom stereocenters. The van der Waals surface area contributed by atoms with Crippen LogP contribution >= 0.6 is 0 Å². The minimum Gasteiger partial charge on any atom is -0.351 e. The zero-order chi connectivity index (χ0) is 21.5. The Kier molecular flexibility index (Phi) is 5.02. The topological polar surface area (TPSA) is 88.3 Å². The van der Waals surface area contributed by atoms with Crippen molar-refractivity contribution in [2.45, 2.75) is 31.8 Å². The van der Waals surface area contributed by atoms with Gasteiger partial charge in [-0.15, -0.1) is 0 Å². The Morgan fingerprint density at radius 2 is 1.94 bits per heavy atom. The Morgan fingerprint density at radius 1 is 1.16 bits per heavy atom. The number of para-hydroxylation sites is 1. The number of H-pyrrole nitrogens is 2. The molecule has 2 aliphatic heterocycles. The summed E-state index contributed by atoms with van der Waals surface area (Å²) in [6, 6.07) is 9.98. The van der Waals surface area contributed by atoms with Crippen LogP contribution in [0.4, 0.5) is 0 Å². The Hall–Kier alpha value is -3.13. The van der Waals surface area contributed by atoms with Gasteiger partial charge in [0, 0.05) is 48.2 Å². The molecule has 1 aromatic carbocycles. The van der Waals surface area contributed by atoms with E-state index >= 15 is 0 Å². The first-order valence-electron chi connectivity index (χ1n) is 10.9. The first-order chi connectivity index (χ1) is 15.0. The van der Waals surface area contributed by atoms with Crippen LogP contribution in [0.25, 0.3) is 10.9 Å². The summed E-state index contributed by atoms with van der Waals surface area (Å²) < 4.78 is 0. The highest BCUT2D eigenvalue weighted by molar-refractivity contribution is 5.98. The largest absolute Gasteiger partial charge is 0.351 e. The van der Waals surface area contributed by atoms with Gasteiger partial charge in [-0.2, -0.15) is 5.10 Å². The average Bonchev–Trinajstić information content (AvgIpc) is 3.42. The van der Waals surface area contributed by atoms with Crippen molar-refractivity contribution >= 4 is 22.7 Å². The van der Waals surface area contributed by atoms with Gasteiger partial charge in [0.1, 0.15) is 5.69 Å². The van der Waals surface area contributed by atoms with Crippen LogP contribution in [0.3, 0.4) is 0 Å². The van der Waals surface area contributed by atoms with E-state index in [0.29, 0.717) is 30.9 Å². The lowest BCUT2D eigenvalue weighted by Gasteiger charge is -2.35. The predicted octanol–water partition coefficient (Wildman–Crippen LogP) is 2.26. The number of nitrogens with one attached hydrogen (secondary N) is 2. The van der Waals surface area contributed by atoms with E-state index < -0.39 is 0 Å². The molecule has 2 N–H and O–H groups in total. The van der Waals surface area contributed by atoms with Crippen LogP contribution in [-0.4, -0.2) is 81.5 Å². The normalized spacial score (nSPS) is 17.7. The third kappa shape index (κ3) is 3.61. The van der Waals surface area contributed by atoms with Gasteiger partial charge in [0.2, 0.25) is 0 Å². The molecule has 2 aliphatic rings. The van der Waals surface area contributed by atoms with Gasteiger partial charge in [0.25, 0.3) is 11.8 Å². The van der Waals surface area contributed by atoms with Crippen molar-refractivity contribution in [2.24, 2.45) is 0 Å². The van der Waals surface area contributed by atoms with E-state index in [9.17, 15) is 9.59 Å². The quantitative estimate of drug-likeness (QED) is 0.680. The summed E-state index contributed by atoms with van der Waals surface area (Å²) >= 11 is 0. The van der Waals surface area contributed by atoms with Gasteiger partial charge in [0.15, 0.2) is 5.69 Å². The molecule has 31 heavy (non-hydrogen) atoms. The number of aromatic nitrogens is 3. The molecule has 1 saturated heterocycles. The van der Waals surface area contributed by atoms with Crippen LogP contribution in [0.5, 0.6) is 0 Å². The molecular weight excluding hydrogens is 392 g/mol. The molecule has 3 aromatic rings. The molecule has 0 spiro atoms. The number of hydrogen-bond acceptors (Lipinski definition) is 4. The average molecular weight is 421 g/mol. The molecule has 0 saturated carbocycles.